The Morgan fingerprint density at radius 1 is 1.06 bits per heavy atom. The topological polar surface area (TPSA) is 237 Å². The lowest BCUT2D eigenvalue weighted by Crippen LogP contribution is -2.51. The summed E-state index contributed by atoms with van der Waals surface area (Å²) in [7, 11) is -5.21. The van der Waals surface area contributed by atoms with Gasteiger partial charge in [0.1, 0.15) is 12.1 Å². The van der Waals surface area contributed by atoms with Crippen LogP contribution in [0.4, 0.5) is 0 Å². The molecule has 0 saturated carbocycles. The molecule has 1 aliphatic heterocycles. The predicted octanol–water partition coefficient (Wildman–Crippen LogP) is 3.35. The average molecular weight is 755 g/mol. The summed E-state index contributed by atoms with van der Waals surface area (Å²) < 4.78 is 41.8. The summed E-state index contributed by atoms with van der Waals surface area (Å²) >= 11 is 0. The number of carbonyl (C=O) groups excluding carboxylic acids is 6. The van der Waals surface area contributed by atoms with Crippen molar-refractivity contribution in [2.45, 2.75) is 124 Å². The number of nitrogens with two attached hydrogens (primary N) is 1. The van der Waals surface area contributed by atoms with E-state index in [4.69, 9.17) is 15.0 Å². The second-order valence-corrected chi connectivity index (χ2v) is 14.8. The van der Waals surface area contributed by atoms with Gasteiger partial charge in [0.15, 0.2) is 11.9 Å². The Morgan fingerprint density at radius 2 is 1.71 bits per heavy atom. The number of hydrogen-bond donors (Lipinski definition) is 5. The van der Waals surface area contributed by atoms with Crippen LogP contribution in [0, 0.1) is 23.7 Å². The Morgan fingerprint density at radius 3 is 2.33 bits per heavy atom. The van der Waals surface area contributed by atoms with E-state index in [0.29, 0.717) is 5.92 Å². The summed E-state index contributed by atoms with van der Waals surface area (Å²) in [5, 5.41) is 7.15. The number of unbranched alkanes of at least 4 members (excludes halogenated alkanes) is 4. The molecule has 0 radical (unpaired) electrons. The summed E-state index contributed by atoms with van der Waals surface area (Å²) in [6.45, 7) is 14.1. The maximum absolute atomic E-state index is 13.5. The molecule has 52 heavy (non-hydrogen) atoms. The van der Waals surface area contributed by atoms with E-state index in [9.17, 15) is 37.2 Å². The van der Waals surface area contributed by atoms with E-state index in [2.05, 4.69) is 46.6 Å². The summed E-state index contributed by atoms with van der Waals surface area (Å²) in [6.07, 6.45) is 9.49. The van der Waals surface area contributed by atoms with Gasteiger partial charge in [-0.25, -0.2) is 8.98 Å². The quantitative estimate of drug-likeness (QED) is 0.0421. The lowest BCUT2D eigenvalue weighted by atomic mass is 9.92. The van der Waals surface area contributed by atoms with Crippen molar-refractivity contribution in [3.05, 3.63) is 36.1 Å². The Kier molecular flexibility index (Phi) is 20.3. The van der Waals surface area contributed by atoms with E-state index < -0.39 is 82.4 Å². The summed E-state index contributed by atoms with van der Waals surface area (Å²) in [4.78, 5) is 77.2. The molecule has 7 unspecified atom stereocenters. The van der Waals surface area contributed by atoms with E-state index in [0.717, 1.165) is 18.4 Å². The Labute approximate surface area is 307 Å². The Balaban J connectivity index is 3.18. The van der Waals surface area contributed by atoms with E-state index in [1.807, 2.05) is 6.92 Å². The lowest BCUT2D eigenvalue weighted by Gasteiger charge is -2.29. The monoisotopic (exact) mass is 754 g/mol. The smallest absolute Gasteiger partial charge is 0.398 e. The number of ether oxygens (including phenoxy) is 1. The molecule has 0 aromatic carbocycles. The molecule has 0 aromatic heterocycles. The van der Waals surface area contributed by atoms with Crippen LogP contribution in [-0.2, 0) is 48.1 Å². The van der Waals surface area contributed by atoms with Crippen molar-refractivity contribution in [3.63, 3.8) is 0 Å². The first-order valence-electron chi connectivity index (χ1n) is 17.9. The number of cyclic esters (lactones) is 1. The lowest BCUT2D eigenvalue weighted by molar-refractivity contribution is -0.159. The third kappa shape index (κ3) is 18.0. The van der Waals surface area contributed by atoms with Crippen LogP contribution in [0.5, 0.6) is 0 Å². The highest BCUT2D eigenvalue weighted by Gasteiger charge is 2.37. The molecule has 294 valence electrons. The summed E-state index contributed by atoms with van der Waals surface area (Å²) in [6, 6.07) is -1.75. The molecule has 15 nitrogen and oxygen atoms in total. The van der Waals surface area contributed by atoms with Gasteiger partial charge in [-0.15, -0.1) is 0 Å². The van der Waals surface area contributed by atoms with Gasteiger partial charge in [-0.2, -0.15) is 8.42 Å². The second-order valence-electron chi connectivity index (χ2n) is 13.8. The fourth-order valence-electron chi connectivity index (χ4n) is 5.27. The van der Waals surface area contributed by atoms with Crippen LogP contribution in [0.15, 0.2) is 36.1 Å². The number of rotatable bonds is 19. The van der Waals surface area contributed by atoms with Crippen LogP contribution >= 0.6 is 0 Å². The van der Waals surface area contributed by atoms with Crippen molar-refractivity contribution in [2.24, 2.45) is 29.4 Å². The molecule has 1 rings (SSSR count). The van der Waals surface area contributed by atoms with Crippen molar-refractivity contribution >= 4 is 45.8 Å². The fourth-order valence-corrected chi connectivity index (χ4v) is 5.74. The van der Waals surface area contributed by atoms with Gasteiger partial charge in [-0.3, -0.25) is 28.5 Å². The molecule has 1 aliphatic rings. The molecular weight excluding hydrogens is 696 g/mol. The number of esters is 1. The maximum atomic E-state index is 13.5. The molecule has 0 bridgehead atoms. The zero-order valence-electron chi connectivity index (χ0n) is 31.3. The van der Waals surface area contributed by atoms with Crippen LogP contribution in [0.25, 0.3) is 0 Å². The van der Waals surface area contributed by atoms with Crippen molar-refractivity contribution in [2.75, 3.05) is 6.54 Å². The molecule has 1 saturated heterocycles. The van der Waals surface area contributed by atoms with Crippen LogP contribution in [0.2, 0.25) is 0 Å². The highest BCUT2D eigenvalue weighted by atomic mass is 32.3. The van der Waals surface area contributed by atoms with E-state index in [-0.39, 0.29) is 30.9 Å². The van der Waals surface area contributed by atoms with Crippen LogP contribution in [0.1, 0.15) is 106 Å². The zero-order chi connectivity index (χ0) is 39.6. The number of amides is 4. The third-order valence-electron chi connectivity index (χ3n) is 8.93. The van der Waals surface area contributed by atoms with E-state index >= 15 is 0 Å². The molecule has 4 amide bonds. The van der Waals surface area contributed by atoms with Gasteiger partial charge in [-0.1, -0.05) is 97.4 Å². The van der Waals surface area contributed by atoms with E-state index in [1.165, 1.54) is 52.0 Å². The minimum Gasteiger partial charge on any atom is -0.460 e. The molecule has 7 atom stereocenters. The number of allylic oxidation sites excluding steroid dienone is 4. The van der Waals surface area contributed by atoms with Gasteiger partial charge < -0.3 is 26.4 Å². The Hall–Kier alpha value is -3.89. The minimum absolute atomic E-state index is 0.0256. The van der Waals surface area contributed by atoms with Gasteiger partial charge in [0.05, 0.1) is 17.5 Å². The first-order chi connectivity index (χ1) is 24.2. The van der Waals surface area contributed by atoms with Gasteiger partial charge >= 0.3 is 16.4 Å². The number of primary amides is 1. The van der Waals surface area contributed by atoms with Crippen LogP contribution in [-0.4, -0.2) is 73.1 Å². The van der Waals surface area contributed by atoms with Crippen molar-refractivity contribution in [1.82, 2.24) is 16.0 Å². The van der Waals surface area contributed by atoms with Gasteiger partial charge in [0.25, 0.3) is 5.91 Å². The van der Waals surface area contributed by atoms with Crippen molar-refractivity contribution in [1.29, 1.82) is 0 Å². The molecule has 0 spiro atoms. The average Bonchev–Trinajstić information content (AvgIpc) is 3.07. The number of hydrogen-bond acceptors (Lipinski definition) is 10. The highest BCUT2D eigenvalue weighted by Crippen LogP contribution is 2.22. The third-order valence-corrected chi connectivity index (χ3v) is 9.41. The first-order valence-corrected chi connectivity index (χ1v) is 19.2. The number of carbonyl (C=O) groups is 6. The normalized spacial score (nSPS) is 23.1. The second kappa shape index (κ2) is 22.9. The van der Waals surface area contributed by atoms with Gasteiger partial charge in [0, 0.05) is 18.9 Å². The predicted molar refractivity (Wildman–Crippen MR) is 194 cm³/mol. The molecular formula is C36H58N4O11S. The van der Waals surface area contributed by atoms with E-state index in [1.54, 1.807) is 13.0 Å². The van der Waals surface area contributed by atoms with Crippen molar-refractivity contribution in [3.8, 4) is 0 Å². The molecule has 6 N–H and O–H groups in total. The summed E-state index contributed by atoms with van der Waals surface area (Å²) in [5.41, 5.74) is 5.87. The largest absolute Gasteiger partial charge is 0.460 e. The number of nitrogens with one attached hydrogen (secondary N) is 3. The van der Waals surface area contributed by atoms with Gasteiger partial charge in [-0.05, 0) is 38.2 Å². The minimum atomic E-state index is -5.21. The molecule has 0 aromatic rings. The number of ketones is 1. The SMILES string of the molecule is C=C1NC(=O)C(C)C(CCC(C)C(=O)/C=C/C(C)=C/CC(C)CCCCCCC)OC(=O)C(CC(OS(=O)(=O)O)C(N)=O)NC(=O)C(C)CNC1=O. The molecule has 1 fully saturated rings. The van der Waals surface area contributed by atoms with Crippen molar-refractivity contribution < 1.29 is 50.7 Å². The molecule has 0 aliphatic carbocycles. The first kappa shape index (κ1) is 46.1. The molecule has 1 heterocycles. The fraction of sp³-hybridized carbons (Fsp3) is 0.667. The zero-order valence-corrected chi connectivity index (χ0v) is 32.1. The standard InChI is InChI=1S/C36H58N4O11S/c1-8-9-10-11-12-13-22(2)14-15-23(3)16-18-29(41)24(4)17-19-30-26(6)34(44)39-27(7)35(45)38-21-25(5)33(43)40-28(36(46)50-30)20-31(32(37)42)51-52(47,48)49/h15-16,18,22,24-26,28,30-31H,7-14,17,19-21H2,1-6H3,(H2,37,42)(H,38,45)(H,39,44)(H,40,43)(H,47,48,49)/b18-16+,23-15+. The summed E-state index contributed by atoms with van der Waals surface area (Å²) in [5.74, 6) is -7.19. The highest BCUT2D eigenvalue weighted by molar-refractivity contribution is 7.80. The van der Waals surface area contributed by atoms with Crippen LogP contribution in [0.3, 0.4) is 0 Å². The maximum Gasteiger partial charge on any atom is 0.398 e. The molecule has 16 heteroatoms. The van der Waals surface area contributed by atoms with Crippen LogP contribution < -0.4 is 21.7 Å². The van der Waals surface area contributed by atoms with Gasteiger partial charge in [0.2, 0.25) is 17.7 Å². The Bertz CT molecular complexity index is 1440.